The van der Waals surface area contributed by atoms with E-state index in [2.05, 4.69) is 22.2 Å². The maximum atomic E-state index is 13.2. The van der Waals surface area contributed by atoms with Gasteiger partial charge >= 0.3 is 0 Å². The van der Waals surface area contributed by atoms with Crippen LogP contribution in [0, 0.1) is 0 Å². The highest BCUT2D eigenvalue weighted by atomic mass is 32.1. The predicted molar refractivity (Wildman–Crippen MR) is 132 cm³/mol. The molecule has 4 aromatic rings. The first-order valence-electron chi connectivity index (χ1n) is 11.3. The molecule has 8 heteroatoms. The lowest BCUT2D eigenvalue weighted by molar-refractivity contribution is 0.0713. The summed E-state index contributed by atoms with van der Waals surface area (Å²) in [5.41, 5.74) is 5.65. The Morgan fingerprint density at radius 3 is 2.71 bits per heavy atom. The van der Waals surface area contributed by atoms with Crippen molar-refractivity contribution < 1.29 is 19.0 Å². The Morgan fingerprint density at radius 2 is 1.97 bits per heavy atom. The number of hydrogen-bond donors (Lipinski definition) is 1. The van der Waals surface area contributed by atoms with Crippen LogP contribution in [0.1, 0.15) is 40.4 Å². The van der Waals surface area contributed by atoms with Gasteiger partial charge in [-0.15, -0.1) is 11.3 Å². The third kappa shape index (κ3) is 4.46. The third-order valence-electron chi connectivity index (χ3n) is 6.41. The fourth-order valence-electron chi connectivity index (χ4n) is 4.54. The van der Waals surface area contributed by atoms with Gasteiger partial charge in [-0.3, -0.25) is 4.79 Å². The van der Waals surface area contributed by atoms with Crippen LogP contribution in [0.15, 0.2) is 53.5 Å². The highest BCUT2D eigenvalue weighted by Gasteiger charge is 2.27. The molecule has 7 nitrogen and oxygen atoms in total. The van der Waals surface area contributed by atoms with E-state index in [-0.39, 0.29) is 5.91 Å². The van der Waals surface area contributed by atoms with Crippen LogP contribution < -0.4 is 14.2 Å². The number of thiazole rings is 1. The standard InChI is InChI=1S/C26H27N3O4S/c1-31-20-4-5-23-21(12-20)22(13-27-23)17-7-9-29(10-8-17)26(30)18-3-6-24(25(11-18)32-2)33-14-19-15-34-16-28-19/h3-6,11-13,15-17,27H,7-10,14H2,1-2H3. The molecule has 0 saturated carbocycles. The van der Waals surface area contributed by atoms with Crippen molar-refractivity contribution in [2.24, 2.45) is 0 Å². The Hall–Kier alpha value is -3.52. The van der Waals surface area contributed by atoms with E-state index in [9.17, 15) is 4.79 Å². The molecule has 34 heavy (non-hydrogen) atoms. The van der Waals surface area contributed by atoms with Gasteiger partial charge in [-0.1, -0.05) is 0 Å². The Labute approximate surface area is 202 Å². The van der Waals surface area contributed by atoms with E-state index in [1.165, 1.54) is 22.3 Å². The van der Waals surface area contributed by atoms with Crippen molar-refractivity contribution in [3.05, 3.63) is 70.3 Å². The third-order valence-corrected chi connectivity index (χ3v) is 7.05. The van der Waals surface area contributed by atoms with Crippen LogP contribution in [-0.4, -0.2) is 48.1 Å². The number of aromatic amines is 1. The number of fused-ring (bicyclic) bond motifs is 1. The summed E-state index contributed by atoms with van der Waals surface area (Å²) in [6.45, 7) is 1.79. The molecule has 3 heterocycles. The largest absolute Gasteiger partial charge is 0.497 e. The average molecular weight is 478 g/mol. The van der Waals surface area contributed by atoms with E-state index in [0.29, 0.717) is 42.7 Å². The summed E-state index contributed by atoms with van der Waals surface area (Å²) in [6, 6.07) is 11.5. The smallest absolute Gasteiger partial charge is 0.253 e. The molecule has 1 amide bonds. The number of nitrogens with one attached hydrogen (secondary N) is 1. The second kappa shape index (κ2) is 9.77. The Morgan fingerprint density at radius 1 is 1.12 bits per heavy atom. The van der Waals surface area contributed by atoms with Crippen LogP contribution >= 0.6 is 11.3 Å². The van der Waals surface area contributed by atoms with E-state index in [1.807, 2.05) is 22.4 Å². The number of likely N-dealkylation sites (tertiary alicyclic amines) is 1. The predicted octanol–water partition coefficient (Wildman–Crippen LogP) is 5.24. The number of H-pyrrole nitrogens is 1. The maximum absolute atomic E-state index is 13.2. The molecule has 176 valence electrons. The fraction of sp³-hybridized carbons (Fsp3) is 0.308. The van der Waals surface area contributed by atoms with Crippen molar-refractivity contribution in [2.45, 2.75) is 25.4 Å². The minimum Gasteiger partial charge on any atom is -0.497 e. The van der Waals surface area contributed by atoms with Crippen molar-refractivity contribution in [3.63, 3.8) is 0 Å². The summed E-state index contributed by atoms with van der Waals surface area (Å²) >= 11 is 1.53. The van der Waals surface area contributed by atoms with Crippen molar-refractivity contribution >= 4 is 28.1 Å². The van der Waals surface area contributed by atoms with Gasteiger partial charge in [0.05, 0.1) is 25.4 Å². The molecule has 0 spiro atoms. The van der Waals surface area contributed by atoms with Crippen LogP contribution in [0.4, 0.5) is 0 Å². The number of benzene rings is 2. The molecule has 0 bridgehead atoms. The number of amides is 1. The van der Waals surface area contributed by atoms with Crippen molar-refractivity contribution in [1.82, 2.24) is 14.9 Å². The minimum atomic E-state index is 0.0170. The summed E-state index contributed by atoms with van der Waals surface area (Å²) in [4.78, 5) is 22.7. The summed E-state index contributed by atoms with van der Waals surface area (Å²) in [5.74, 6) is 2.42. The molecule has 1 fully saturated rings. The molecule has 2 aromatic carbocycles. The maximum Gasteiger partial charge on any atom is 0.253 e. The zero-order valence-electron chi connectivity index (χ0n) is 19.2. The second-order valence-corrected chi connectivity index (χ2v) is 9.07. The highest BCUT2D eigenvalue weighted by Crippen LogP contribution is 2.35. The van der Waals surface area contributed by atoms with Crippen molar-refractivity contribution in [3.8, 4) is 17.2 Å². The molecule has 1 saturated heterocycles. The van der Waals surface area contributed by atoms with E-state index < -0.39 is 0 Å². The first-order chi connectivity index (χ1) is 16.7. The number of piperidine rings is 1. The summed E-state index contributed by atoms with van der Waals surface area (Å²) < 4.78 is 16.7. The Bertz CT molecular complexity index is 1280. The van der Waals surface area contributed by atoms with Gasteiger partial charge in [0.15, 0.2) is 11.5 Å². The Kier molecular flexibility index (Phi) is 6.40. The van der Waals surface area contributed by atoms with E-state index >= 15 is 0 Å². The number of carbonyl (C=O) groups excluding carboxylic acids is 1. The number of aromatic nitrogens is 2. The summed E-state index contributed by atoms with van der Waals surface area (Å²) in [7, 11) is 3.27. The van der Waals surface area contributed by atoms with Gasteiger partial charge in [-0.25, -0.2) is 4.98 Å². The molecule has 2 aromatic heterocycles. The fourth-order valence-corrected chi connectivity index (χ4v) is 5.09. The monoisotopic (exact) mass is 477 g/mol. The van der Waals surface area contributed by atoms with Gasteiger partial charge in [0, 0.05) is 41.1 Å². The van der Waals surface area contributed by atoms with Crippen LogP contribution in [-0.2, 0) is 6.61 Å². The highest BCUT2D eigenvalue weighted by molar-refractivity contribution is 7.07. The molecule has 1 aliphatic rings. The zero-order valence-corrected chi connectivity index (χ0v) is 20.1. The number of hydrogen-bond acceptors (Lipinski definition) is 6. The molecule has 0 radical (unpaired) electrons. The minimum absolute atomic E-state index is 0.0170. The number of nitrogens with zero attached hydrogens (tertiary/aromatic N) is 2. The van der Waals surface area contributed by atoms with Crippen molar-refractivity contribution in [2.75, 3.05) is 27.3 Å². The summed E-state index contributed by atoms with van der Waals surface area (Å²) in [5, 5.41) is 3.14. The first kappa shape index (κ1) is 22.3. The molecule has 0 atom stereocenters. The van der Waals surface area contributed by atoms with Crippen LogP contribution in [0.25, 0.3) is 10.9 Å². The van der Waals surface area contributed by atoms with Crippen LogP contribution in [0.3, 0.4) is 0 Å². The molecule has 1 aliphatic heterocycles. The van der Waals surface area contributed by atoms with Gasteiger partial charge in [0.25, 0.3) is 5.91 Å². The second-order valence-electron chi connectivity index (χ2n) is 8.36. The molecular formula is C26H27N3O4S. The van der Waals surface area contributed by atoms with Gasteiger partial charge in [0.1, 0.15) is 12.4 Å². The lowest BCUT2D eigenvalue weighted by Crippen LogP contribution is -2.37. The average Bonchev–Trinajstić information content (AvgIpc) is 3.56. The van der Waals surface area contributed by atoms with Crippen LogP contribution in [0.2, 0.25) is 0 Å². The number of rotatable bonds is 7. The number of ether oxygens (including phenoxy) is 3. The zero-order chi connectivity index (χ0) is 23.5. The Balaban J connectivity index is 1.25. The summed E-state index contributed by atoms with van der Waals surface area (Å²) in [6.07, 6.45) is 3.94. The van der Waals surface area contributed by atoms with E-state index in [4.69, 9.17) is 14.2 Å². The molecule has 0 aliphatic carbocycles. The lowest BCUT2D eigenvalue weighted by atomic mass is 9.89. The molecule has 0 unspecified atom stereocenters. The SMILES string of the molecule is COc1ccc2[nH]cc(C3CCN(C(=O)c4ccc(OCc5cscn5)c(OC)c4)CC3)c2c1. The lowest BCUT2D eigenvalue weighted by Gasteiger charge is -2.32. The van der Waals surface area contributed by atoms with Gasteiger partial charge in [-0.2, -0.15) is 0 Å². The first-order valence-corrected chi connectivity index (χ1v) is 12.2. The quantitative estimate of drug-likeness (QED) is 0.394. The number of methoxy groups -OCH3 is 2. The van der Waals surface area contributed by atoms with E-state index in [1.54, 1.807) is 37.9 Å². The number of carbonyl (C=O) groups is 1. The van der Waals surface area contributed by atoms with Gasteiger partial charge < -0.3 is 24.1 Å². The van der Waals surface area contributed by atoms with Crippen molar-refractivity contribution in [1.29, 1.82) is 0 Å². The topological polar surface area (TPSA) is 76.7 Å². The molecule has 1 N–H and O–H groups in total. The van der Waals surface area contributed by atoms with Gasteiger partial charge in [0.2, 0.25) is 0 Å². The molecule has 5 rings (SSSR count). The molecular weight excluding hydrogens is 450 g/mol. The van der Waals surface area contributed by atoms with Gasteiger partial charge in [-0.05, 0) is 60.7 Å². The van der Waals surface area contributed by atoms with E-state index in [0.717, 1.165) is 29.8 Å². The van der Waals surface area contributed by atoms with Crippen LogP contribution in [0.5, 0.6) is 17.2 Å². The normalized spacial score (nSPS) is 14.4.